The average Bonchev–Trinajstić information content (AvgIpc) is 3.09. The molecule has 0 bridgehead atoms. The molecule has 0 radical (unpaired) electrons. The van der Waals surface area contributed by atoms with Crippen LogP contribution in [0.2, 0.25) is 0 Å². The van der Waals surface area contributed by atoms with Crippen LogP contribution in [-0.2, 0) is 0 Å². The summed E-state index contributed by atoms with van der Waals surface area (Å²) in [5.41, 5.74) is 5.76. The highest BCUT2D eigenvalue weighted by molar-refractivity contribution is 5.72. The number of primary amides is 1. The number of hydrogen-bond acceptors (Lipinski definition) is 2. The van der Waals surface area contributed by atoms with Gasteiger partial charge in [0, 0.05) is 25.7 Å². The number of amides is 2. The van der Waals surface area contributed by atoms with Crippen LogP contribution in [0.15, 0.2) is 0 Å². The van der Waals surface area contributed by atoms with E-state index in [1.807, 2.05) is 4.90 Å². The summed E-state index contributed by atoms with van der Waals surface area (Å²) in [6.45, 7) is 9.32. The van der Waals surface area contributed by atoms with Crippen molar-refractivity contribution < 1.29 is 4.79 Å². The van der Waals surface area contributed by atoms with Crippen molar-refractivity contribution >= 4 is 6.03 Å². The normalized spacial score (nSPS) is 28.5. The lowest BCUT2D eigenvalue weighted by Gasteiger charge is -2.38. The maximum Gasteiger partial charge on any atom is 0.314 e. The molecule has 0 aromatic carbocycles. The van der Waals surface area contributed by atoms with Gasteiger partial charge in [0.2, 0.25) is 0 Å². The highest BCUT2D eigenvalue weighted by Crippen LogP contribution is 2.37. The lowest BCUT2D eigenvalue weighted by Crippen LogP contribution is -2.53. The summed E-state index contributed by atoms with van der Waals surface area (Å²) in [7, 11) is 0. The van der Waals surface area contributed by atoms with Gasteiger partial charge in [-0.15, -0.1) is 0 Å². The van der Waals surface area contributed by atoms with Crippen molar-refractivity contribution in [3.8, 4) is 0 Å². The Morgan fingerprint density at radius 2 is 1.95 bits per heavy atom. The molecular formula is C15H29N3O. The van der Waals surface area contributed by atoms with Crippen LogP contribution in [-0.4, -0.2) is 36.6 Å². The number of urea groups is 1. The minimum absolute atomic E-state index is 0.261. The van der Waals surface area contributed by atoms with Crippen LogP contribution >= 0.6 is 0 Å². The van der Waals surface area contributed by atoms with Crippen molar-refractivity contribution in [3.05, 3.63) is 0 Å². The fourth-order valence-electron chi connectivity index (χ4n) is 2.98. The van der Waals surface area contributed by atoms with Crippen molar-refractivity contribution in [2.45, 2.75) is 52.5 Å². The number of nitrogens with two attached hydrogens (primary N) is 1. The Hall–Kier alpha value is -0.770. The summed E-state index contributed by atoms with van der Waals surface area (Å²) in [4.78, 5) is 13.3. The van der Waals surface area contributed by atoms with Gasteiger partial charge >= 0.3 is 6.03 Å². The molecule has 0 aromatic rings. The third-order valence-corrected chi connectivity index (χ3v) is 4.13. The molecule has 2 rings (SSSR count). The van der Waals surface area contributed by atoms with Crippen molar-refractivity contribution in [3.63, 3.8) is 0 Å². The van der Waals surface area contributed by atoms with Gasteiger partial charge in [-0.2, -0.15) is 0 Å². The van der Waals surface area contributed by atoms with E-state index in [2.05, 4.69) is 26.1 Å². The average molecular weight is 267 g/mol. The minimum Gasteiger partial charge on any atom is -0.351 e. The molecule has 3 N–H and O–H groups in total. The number of piperidine rings is 1. The van der Waals surface area contributed by atoms with Gasteiger partial charge in [0.15, 0.2) is 0 Å². The number of nitrogens with zero attached hydrogens (tertiary/aromatic N) is 1. The second-order valence-corrected chi connectivity index (χ2v) is 7.66. The van der Waals surface area contributed by atoms with E-state index in [0.29, 0.717) is 12.0 Å². The van der Waals surface area contributed by atoms with Crippen LogP contribution < -0.4 is 11.1 Å². The van der Waals surface area contributed by atoms with E-state index in [-0.39, 0.29) is 11.4 Å². The summed E-state index contributed by atoms with van der Waals surface area (Å²) in [6, 6.07) is 0.146. The third kappa shape index (κ3) is 5.01. The van der Waals surface area contributed by atoms with Gasteiger partial charge in [-0.25, -0.2) is 4.79 Å². The van der Waals surface area contributed by atoms with Gasteiger partial charge in [-0.3, -0.25) is 0 Å². The Morgan fingerprint density at radius 1 is 1.26 bits per heavy atom. The van der Waals surface area contributed by atoms with Crippen LogP contribution in [0.5, 0.6) is 0 Å². The highest BCUT2D eigenvalue weighted by atomic mass is 16.2. The number of carbonyl (C=O) groups is 1. The number of likely N-dealkylation sites (tertiary alicyclic amines) is 1. The van der Waals surface area contributed by atoms with Gasteiger partial charge in [0.25, 0.3) is 0 Å². The number of carbonyl (C=O) groups excluding carboxylic acids is 1. The first-order valence-corrected chi connectivity index (χ1v) is 7.61. The first kappa shape index (κ1) is 14.6. The Bertz CT molecular complexity index is 320. The van der Waals surface area contributed by atoms with E-state index < -0.39 is 0 Å². The van der Waals surface area contributed by atoms with Crippen molar-refractivity contribution in [2.75, 3.05) is 19.6 Å². The van der Waals surface area contributed by atoms with Gasteiger partial charge in [0.1, 0.15) is 0 Å². The van der Waals surface area contributed by atoms with E-state index in [4.69, 9.17) is 5.73 Å². The second kappa shape index (κ2) is 5.70. The van der Waals surface area contributed by atoms with E-state index in [9.17, 15) is 4.79 Å². The molecule has 1 heterocycles. The maximum atomic E-state index is 11.5. The van der Waals surface area contributed by atoms with Crippen LogP contribution in [0.1, 0.15) is 46.5 Å². The molecule has 4 heteroatoms. The zero-order valence-electron chi connectivity index (χ0n) is 12.6. The predicted octanol–water partition coefficient (Wildman–Crippen LogP) is 2.19. The molecule has 2 atom stereocenters. The van der Waals surface area contributed by atoms with E-state index in [0.717, 1.165) is 25.6 Å². The van der Waals surface area contributed by atoms with Crippen molar-refractivity contribution in [1.82, 2.24) is 10.2 Å². The fraction of sp³-hybridized carbons (Fsp3) is 0.933. The summed E-state index contributed by atoms with van der Waals surface area (Å²) in [5, 5.41) is 3.62. The van der Waals surface area contributed by atoms with Gasteiger partial charge in [0.05, 0.1) is 0 Å². The molecule has 2 unspecified atom stereocenters. The van der Waals surface area contributed by atoms with Crippen molar-refractivity contribution in [2.24, 2.45) is 23.0 Å². The molecule has 2 fully saturated rings. The molecule has 2 amide bonds. The summed E-state index contributed by atoms with van der Waals surface area (Å²) >= 11 is 0. The topological polar surface area (TPSA) is 58.4 Å². The minimum atomic E-state index is -0.261. The molecule has 0 spiro atoms. The lowest BCUT2D eigenvalue weighted by molar-refractivity contribution is 0.142. The zero-order valence-corrected chi connectivity index (χ0v) is 12.6. The molecule has 1 saturated carbocycles. The molecular weight excluding hydrogens is 238 g/mol. The molecule has 1 saturated heterocycles. The second-order valence-electron chi connectivity index (χ2n) is 7.66. The van der Waals surface area contributed by atoms with Gasteiger partial charge in [-0.05, 0) is 30.1 Å². The Kier molecular flexibility index (Phi) is 4.39. The van der Waals surface area contributed by atoms with Crippen LogP contribution in [0.25, 0.3) is 0 Å². The standard InChI is InChI=1S/C15H29N3O/c1-15(2,3)10-17-13-7-12(6-11-4-5-11)8-18(9-13)14(16)19/h11-13,17H,4-10H2,1-3H3,(H2,16,19). The molecule has 0 aromatic heterocycles. The molecule has 1 aliphatic heterocycles. The summed E-state index contributed by atoms with van der Waals surface area (Å²) < 4.78 is 0. The largest absolute Gasteiger partial charge is 0.351 e. The number of hydrogen-bond donors (Lipinski definition) is 2. The first-order valence-electron chi connectivity index (χ1n) is 7.61. The first-order chi connectivity index (χ1) is 8.83. The molecule has 110 valence electrons. The molecule has 19 heavy (non-hydrogen) atoms. The Balaban J connectivity index is 1.87. The molecule has 2 aliphatic rings. The highest BCUT2D eigenvalue weighted by Gasteiger charge is 2.33. The number of rotatable bonds is 4. The smallest absolute Gasteiger partial charge is 0.314 e. The van der Waals surface area contributed by atoms with Gasteiger partial charge in [-0.1, -0.05) is 33.6 Å². The quantitative estimate of drug-likeness (QED) is 0.820. The lowest BCUT2D eigenvalue weighted by atomic mass is 9.89. The SMILES string of the molecule is CC(C)(C)CNC1CC(CC2CC2)CN(C(N)=O)C1. The molecule has 1 aliphatic carbocycles. The Morgan fingerprint density at radius 3 is 2.47 bits per heavy atom. The van der Waals surface area contributed by atoms with Gasteiger partial charge < -0.3 is 16.0 Å². The van der Waals surface area contributed by atoms with Crippen LogP contribution in [0.3, 0.4) is 0 Å². The monoisotopic (exact) mass is 267 g/mol. The van der Waals surface area contributed by atoms with E-state index in [1.165, 1.54) is 25.7 Å². The van der Waals surface area contributed by atoms with Crippen molar-refractivity contribution in [1.29, 1.82) is 0 Å². The maximum absolute atomic E-state index is 11.5. The van der Waals surface area contributed by atoms with Crippen LogP contribution in [0.4, 0.5) is 4.79 Å². The van der Waals surface area contributed by atoms with E-state index in [1.54, 1.807) is 0 Å². The summed E-state index contributed by atoms with van der Waals surface area (Å²) in [5.74, 6) is 1.55. The fourth-order valence-corrected chi connectivity index (χ4v) is 2.98. The van der Waals surface area contributed by atoms with E-state index >= 15 is 0 Å². The number of nitrogens with one attached hydrogen (secondary N) is 1. The summed E-state index contributed by atoms with van der Waals surface area (Å²) in [6.07, 6.45) is 5.23. The third-order valence-electron chi connectivity index (χ3n) is 4.13. The molecule has 4 nitrogen and oxygen atoms in total. The zero-order chi connectivity index (χ0) is 14.0. The van der Waals surface area contributed by atoms with Crippen LogP contribution in [0, 0.1) is 17.3 Å². The Labute approximate surface area is 117 Å². The predicted molar refractivity (Wildman–Crippen MR) is 77.9 cm³/mol.